The van der Waals surface area contributed by atoms with Gasteiger partial charge in [0.1, 0.15) is 12.1 Å². The molecular formula is C19H35N5O5S. The van der Waals surface area contributed by atoms with Gasteiger partial charge in [-0.15, -0.1) is 0 Å². The number of rotatable bonds is 7. The van der Waals surface area contributed by atoms with Crippen LogP contribution < -0.4 is 16.4 Å². The molecule has 2 aliphatic rings. The highest BCUT2D eigenvalue weighted by Crippen LogP contribution is 2.27. The number of nitrogens with two attached hydrogens (primary N) is 1. The Bertz CT molecular complexity index is 736. The monoisotopic (exact) mass is 445 g/mol. The summed E-state index contributed by atoms with van der Waals surface area (Å²) in [5, 5.41) is 5.41. The number of carbonyl (C=O) groups excluding carboxylic acids is 3. The molecule has 1 aliphatic heterocycles. The van der Waals surface area contributed by atoms with Crippen molar-refractivity contribution in [3.63, 3.8) is 0 Å². The number of hydrogen-bond donors (Lipinski definition) is 3. The maximum atomic E-state index is 13.0. The van der Waals surface area contributed by atoms with E-state index in [0.717, 1.165) is 36.2 Å². The van der Waals surface area contributed by atoms with Crippen LogP contribution in [0.3, 0.4) is 0 Å². The van der Waals surface area contributed by atoms with Crippen LogP contribution in [0, 0.1) is 5.92 Å². The number of piperazine rings is 1. The van der Waals surface area contributed by atoms with Crippen LogP contribution in [-0.4, -0.2) is 79.5 Å². The Morgan fingerprint density at radius 2 is 1.70 bits per heavy atom. The Kier molecular flexibility index (Phi) is 8.48. The molecule has 0 radical (unpaired) electrons. The lowest BCUT2D eigenvalue weighted by molar-refractivity contribution is -0.131. The van der Waals surface area contributed by atoms with Crippen LogP contribution in [0.25, 0.3) is 0 Å². The predicted molar refractivity (Wildman–Crippen MR) is 113 cm³/mol. The summed E-state index contributed by atoms with van der Waals surface area (Å²) in [5.41, 5.74) is 5.52. The van der Waals surface area contributed by atoms with E-state index in [4.69, 9.17) is 5.73 Å². The molecule has 1 heterocycles. The second-order valence-electron chi connectivity index (χ2n) is 8.64. The summed E-state index contributed by atoms with van der Waals surface area (Å²) < 4.78 is 25.5. The van der Waals surface area contributed by atoms with E-state index in [1.54, 1.807) is 0 Å². The van der Waals surface area contributed by atoms with Crippen molar-refractivity contribution in [3.05, 3.63) is 0 Å². The van der Waals surface area contributed by atoms with Crippen molar-refractivity contribution in [1.82, 2.24) is 19.8 Å². The first-order valence-corrected chi connectivity index (χ1v) is 12.5. The number of urea groups is 1. The summed E-state index contributed by atoms with van der Waals surface area (Å²) >= 11 is 0. The average Bonchev–Trinajstić information content (AvgIpc) is 2.66. The van der Waals surface area contributed by atoms with Gasteiger partial charge in [0, 0.05) is 25.7 Å². The molecule has 0 aromatic rings. The van der Waals surface area contributed by atoms with Crippen LogP contribution in [0.1, 0.15) is 52.4 Å². The minimum Gasteiger partial charge on any atom is -0.368 e. The topological polar surface area (TPSA) is 142 Å². The van der Waals surface area contributed by atoms with Gasteiger partial charge in [-0.3, -0.25) is 9.59 Å². The van der Waals surface area contributed by atoms with E-state index >= 15 is 0 Å². The van der Waals surface area contributed by atoms with E-state index < -0.39 is 33.9 Å². The summed E-state index contributed by atoms with van der Waals surface area (Å²) in [7, 11) is -3.68. The summed E-state index contributed by atoms with van der Waals surface area (Å²) in [4.78, 5) is 38.8. The van der Waals surface area contributed by atoms with E-state index in [1.807, 2.05) is 13.8 Å². The SMILES string of the molecule is CC(C)NC(=O)N1CCN(S(C)(=O)=O)C(C(=O)NC(CC2CCCCC2)C(N)=O)C1. The highest BCUT2D eigenvalue weighted by molar-refractivity contribution is 7.88. The number of sulfonamides is 1. The highest BCUT2D eigenvalue weighted by Gasteiger charge is 2.40. The lowest BCUT2D eigenvalue weighted by atomic mass is 9.84. The molecule has 1 saturated heterocycles. The van der Waals surface area contributed by atoms with E-state index in [-0.39, 0.29) is 31.7 Å². The Balaban J connectivity index is 2.13. The first kappa shape index (κ1) is 24.4. The maximum absolute atomic E-state index is 13.0. The normalized spacial score (nSPS) is 22.5. The summed E-state index contributed by atoms with van der Waals surface area (Å²) in [6, 6.07) is -2.42. The van der Waals surface area contributed by atoms with E-state index in [9.17, 15) is 22.8 Å². The molecule has 0 spiro atoms. The van der Waals surface area contributed by atoms with Crippen LogP contribution in [-0.2, 0) is 19.6 Å². The van der Waals surface area contributed by atoms with Crippen molar-refractivity contribution >= 4 is 27.9 Å². The third-order valence-electron chi connectivity index (χ3n) is 5.71. The largest absolute Gasteiger partial charge is 0.368 e. The Labute approximate surface area is 179 Å². The van der Waals surface area contributed by atoms with Crippen molar-refractivity contribution in [3.8, 4) is 0 Å². The summed E-state index contributed by atoms with van der Waals surface area (Å²) in [5.74, 6) is -0.936. The van der Waals surface area contributed by atoms with E-state index in [0.29, 0.717) is 12.3 Å². The molecule has 11 heteroatoms. The summed E-state index contributed by atoms with van der Waals surface area (Å²) in [6.07, 6.45) is 6.81. The number of nitrogens with one attached hydrogen (secondary N) is 2. The first-order valence-electron chi connectivity index (χ1n) is 10.6. The van der Waals surface area contributed by atoms with Gasteiger partial charge in [-0.05, 0) is 26.2 Å². The minimum atomic E-state index is -3.68. The molecule has 1 saturated carbocycles. The van der Waals surface area contributed by atoms with E-state index in [2.05, 4.69) is 10.6 Å². The third kappa shape index (κ3) is 6.83. The number of nitrogens with zero attached hydrogens (tertiary/aromatic N) is 2. The molecule has 4 N–H and O–H groups in total. The van der Waals surface area contributed by atoms with Crippen molar-refractivity contribution in [1.29, 1.82) is 0 Å². The third-order valence-corrected chi connectivity index (χ3v) is 7.00. The molecule has 2 atom stereocenters. The predicted octanol–water partition coefficient (Wildman–Crippen LogP) is -0.00930. The molecule has 0 aromatic carbocycles. The molecule has 10 nitrogen and oxygen atoms in total. The number of hydrogen-bond acceptors (Lipinski definition) is 5. The zero-order valence-electron chi connectivity index (χ0n) is 18.1. The molecule has 172 valence electrons. The van der Waals surface area contributed by atoms with Crippen molar-refractivity contribution < 1.29 is 22.8 Å². The van der Waals surface area contributed by atoms with Gasteiger partial charge in [-0.1, -0.05) is 32.1 Å². The molecule has 1 aliphatic carbocycles. The Hall–Kier alpha value is -1.88. The van der Waals surface area contributed by atoms with Crippen LogP contribution in [0.5, 0.6) is 0 Å². The minimum absolute atomic E-state index is 0.00625. The van der Waals surface area contributed by atoms with Crippen LogP contribution in [0.4, 0.5) is 4.79 Å². The number of carbonyl (C=O) groups is 3. The molecular weight excluding hydrogens is 410 g/mol. The number of primary amides is 1. The lowest BCUT2D eigenvalue weighted by Gasteiger charge is -2.39. The van der Waals surface area contributed by atoms with Gasteiger partial charge in [-0.2, -0.15) is 4.31 Å². The van der Waals surface area contributed by atoms with Gasteiger partial charge in [0.2, 0.25) is 21.8 Å². The second kappa shape index (κ2) is 10.4. The molecule has 2 rings (SSSR count). The first-order chi connectivity index (χ1) is 14.0. The van der Waals surface area contributed by atoms with Gasteiger partial charge in [0.15, 0.2) is 0 Å². The fourth-order valence-corrected chi connectivity index (χ4v) is 5.21. The molecule has 0 aromatic heterocycles. The fraction of sp³-hybridized carbons (Fsp3) is 0.842. The lowest BCUT2D eigenvalue weighted by Crippen LogP contribution is -2.64. The molecule has 0 bridgehead atoms. The smallest absolute Gasteiger partial charge is 0.317 e. The van der Waals surface area contributed by atoms with E-state index in [1.165, 1.54) is 11.3 Å². The van der Waals surface area contributed by atoms with Crippen LogP contribution in [0.2, 0.25) is 0 Å². The highest BCUT2D eigenvalue weighted by atomic mass is 32.2. The second-order valence-corrected chi connectivity index (χ2v) is 10.6. The van der Waals surface area contributed by atoms with Crippen LogP contribution >= 0.6 is 0 Å². The van der Waals surface area contributed by atoms with Gasteiger partial charge in [0.25, 0.3) is 0 Å². The zero-order chi connectivity index (χ0) is 22.5. The molecule has 2 fully saturated rings. The zero-order valence-corrected chi connectivity index (χ0v) is 18.9. The average molecular weight is 446 g/mol. The molecule has 30 heavy (non-hydrogen) atoms. The molecule has 2 unspecified atom stereocenters. The maximum Gasteiger partial charge on any atom is 0.317 e. The van der Waals surface area contributed by atoms with Crippen molar-refractivity contribution in [2.24, 2.45) is 11.7 Å². The molecule has 4 amide bonds. The van der Waals surface area contributed by atoms with Gasteiger partial charge in [0.05, 0.1) is 6.26 Å². The Morgan fingerprint density at radius 1 is 1.07 bits per heavy atom. The fourth-order valence-electron chi connectivity index (χ4n) is 4.17. The Morgan fingerprint density at radius 3 is 2.23 bits per heavy atom. The van der Waals surface area contributed by atoms with Gasteiger partial charge >= 0.3 is 6.03 Å². The quantitative estimate of drug-likeness (QED) is 0.505. The standard InChI is InChI=1S/C19H35N5O5S/c1-13(2)21-19(27)23-9-10-24(30(3,28)29)16(12-23)18(26)22-15(17(20)25)11-14-7-5-4-6-8-14/h13-16H,4-12H2,1-3H3,(H2,20,25)(H,21,27)(H,22,26). The number of amides is 4. The summed E-state index contributed by atoms with van der Waals surface area (Å²) in [6.45, 7) is 3.73. The van der Waals surface area contributed by atoms with Gasteiger partial charge < -0.3 is 21.3 Å². The van der Waals surface area contributed by atoms with Crippen molar-refractivity contribution in [2.75, 3.05) is 25.9 Å². The van der Waals surface area contributed by atoms with Crippen molar-refractivity contribution in [2.45, 2.75) is 70.5 Å². The van der Waals surface area contributed by atoms with Crippen LogP contribution in [0.15, 0.2) is 0 Å². The van der Waals surface area contributed by atoms with Gasteiger partial charge in [-0.25, -0.2) is 13.2 Å².